The van der Waals surface area contributed by atoms with Crippen LogP contribution in [0.4, 0.5) is 0 Å². The summed E-state index contributed by atoms with van der Waals surface area (Å²) in [5.41, 5.74) is 5.30. The van der Waals surface area contributed by atoms with Crippen LogP contribution in [0.2, 0.25) is 5.02 Å². The molecule has 2 rings (SSSR count). The van der Waals surface area contributed by atoms with Crippen molar-refractivity contribution in [3.63, 3.8) is 0 Å². The molecule has 0 fully saturated rings. The predicted molar refractivity (Wildman–Crippen MR) is 62.9 cm³/mol. The minimum atomic E-state index is -0.664. The van der Waals surface area contributed by atoms with Crippen LogP contribution in [0.15, 0.2) is 27.8 Å². The lowest BCUT2D eigenvalue weighted by Crippen LogP contribution is -2.37. The Labute approximate surface area is 95.5 Å². The maximum absolute atomic E-state index is 11.6. The van der Waals surface area contributed by atoms with Crippen molar-refractivity contribution in [2.75, 3.05) is 6.54 Å². The first-order chi connectivity index (χ1) is 7.63. The molecule has 6 heteroatoms. The molecule has 16 heavy (non-hydrogen) atoms. The number of benzene rings is 1. The van der Waals surface area contributed by atoms with Gasteiger partial charge < -0.3 is 15.3 Å². The Morgan fingerprint density at radius 3 is 2.81 bits per heavy atom. The number of aromatic nitrogens is 2. The average molecular weight is 240 g/mol. The minimum absolute atomic E-state index is 0.293. The Kier molecular flexibility index (Phi) is 2.80. The quantitative estimate of drug-likeness (QED) is 0.740. The molecule has 5 nitrogen and oxygen atoms in total. The maximum atomic E-state index is 11.6. The lowest BCUT2D eigenvalue weighted by Gasteiger charge is -2.07. The predicted octanol–water partition coefficient (Wildman–Crippen LogP) is 0.302. The summed E-state index contributed by atoms with van der Waals surface area (Å²) < 4.78 is 1.35. The van der Waals surface area contributed by atoms with Gasteiger partial charge in [0, 0.05) is 18.1 Å². The first-order valence-corrected chi connectivity index (χ1v) is 5.13. The molecule has 0 bridgehead atoms. The first kappa shape index (κ1) is 10.9. The van der Waals surface area contributed by atoms with Crippen LogP contribution in [0.1, 0.15) is 0 Å². The van der Waals surface area contributed by atoms with E-state index in [1.165, 1.54) is 4.57 Å². The van der Waals surface area contributed by atoms with E-state index in [-0.39, 0.29) is 0 Å². The van der Waals surface area contributed by atoms with Gasteiger partial charge in [-0.1, -0.05) is 11.6 Å². The van der Waals surface area contributed by atoms with Gasteiger partial charge in [-0.2, -0.15) is 0 Å². The van der Waals surface area contributed by atoms with E-state index in [0.29, 0.717) is 29.1 Å². The Balaban J connectivity index is 2.89. The number of hydrogen-bond donors (Lipinski definition) is 2. The molecule has 0 aliphatic carbocycles. The lowest BCUT2D eigenvalue weighted by atomic mass is 10.3. The molecule has 0 saturated carbocycles. The molecule has 0 radical (unpaired) electrons. The van der Waals surface area contributed by atoms with Crippen molar-refractivity contribution in [2.24, 2.45) is 5.73 Å². The number of H-pyrrole nitrogens is 1. The van der Waals surface area contributed by atoms with Crippen LogP contribution in [0.25, 0.3) is 11.0 Å². The van der Waals surface area contributed by atoms with Crippen molar-refractivity contribution in [1.29, 1.82) is 0 Å². The largest absolute Gasteiger partial charge is 0.329 e. The number of fused-ring (bicyclic) bond motifs is 1. The third-order valence-corrected chi connectivity index (χ3v) is 2.52. The highest BCUT2D eigenvalue weighted by Gasteiger charge is 2.06. The second-order valence-corrected chi connectivity index (χ2v) is 3.80. The van der Waals surface area contributed by atoms with Gasteiger partial charge in [0.1, 0.15) is 0 Å². The van der Waals surface area contributed by atoms with Crippen molar-refractivity contribution in [1.82, 2.24) is 9.55 Å². The highest BCUT2D eigenvalue weighted by molar-refractivity contribution is 6.31. The Morgan fingerprint density at radius 2 is 2.12 bits per heavy atom. The Hall–Kier alpha value is -1.59. The third-order valence-electron chi connectivity index (χ3n) is 2.29. The molecule has 84 valence electrons. The van der Waals surface area contributed by atoms with Crippen molar-refractivity contribution < 1.29 is 0 Å². The lowest BCUT2D eigenvalue weighted by molar-refractivity contribution is 0.696. The number of hydrogen-bond acceptors (Lipinski definition) is 3. The Bertz CT molecular complexity index is 645. The second-order valence-electron chi connectivity index (χ2n) is 3.36. The third kappa shape index (κ3) is 1.75. The fraction of sp³-hybridized carbons (Fsp3) is 0.200. The molecule has 0 spiro atoms. The molecule has 2 aromatic rings. The number of rotatable bonds is 2. The fourth-order valence-electron chi connectivity index (χ4n) is 1.60. The number of aromatic amines is 1. The normalized spacial score (nSPS) is 10.9. The summed E-state index contributed by atoms with van der Waals surface area (Å²) in [5.74, 6) is 0. The summed E-state index contributed by atoms with van der Waals surface area (Å²) in [6.45, 7) is 0.599. The summed E-state index contributed by atoms with van der Waals surface area (Å²) in [5, 5.41) is 0.501. The number of nitrogens with one attached hydrogen (secondary N) is 1. The van der Waals surface area contributed by atoms with Crippen LogP contribution >= 0.6 is 11.6 Å². The molecular weight excluding hydrogens is 230 g/mol. The van der Waals surface area contributed by atoms with E-state index in [1.54, 1.807) is 18.2 Å². The van der Waals surface area contributed by atoms with Gasteiger partial charge in [-0.3, -0.25) is 9.59 Å². The minimum Gasteiger partial charge on any atom is -0.329 e. The van der Waals surface area contributed by atoms with Crippen LogP contribution in [-0.4, -0.2) is 16.1 Å². The van der Waals surface area contributed by atoms with Crippen LogP contribution in [0.5, 0.6) is 0 Å². The van der Waals surface area contributed by atoms with Crippen molar-refractivity contribution in [3.05, 3.63) is 43.9 Å². The topological polar surface area (TPSA) is 80.9 Å². The summed E-state index contributed by atoms with van der Waals surface area (Å²) in [6.07, 6.45) is 0. The maximum Gasteiger partial charge on any atom is 0.316 e. The summed E-state index contributed by atoms with van der Waals surface area (Å²) in [7, 11) is 0. The smallest absolute Gasteiger partial charge is 0.316 e. The zero-order chi connectivity index (χ0) is 11.7. The molecule has 0 aliphatic rings. The van der Waals surface area contributed by atoms with Gasteiger partial charge in [-0.15, -0.1) is 0 Å². The number of halogens is 1. The molecule has 0 aliphatic heterocycles. The zero-order valence-electron chi connectivity index (χ0n) is 8.37. The molecule has 0 unspecified atom stereocenters. The molecule has 1 aromatic carbocycles. The van der Waals surface area contributed by atoms with Gasteiger partial charge in [0.05, 0.1) is 11.0 Å². The molecular formula is C10H10ClN3O2. The second kappa shape index (κ2) is 4.11. The van der Waals surface area contributed by atoms with Gasteiger partial charge >= 0.3 is 11.1 Å². The van der Waals surface area contributed by atoms with Crippen LogP contribution in [0.3, 0.4) is 0 Å². The van der Waals surface area contributed by atoms with Gasteiger partial charge in [0.15, 0.2) is 0 Å². The number of nitrogens with zero attached hydrogens (tertiary/aromatic N) is 1. The van der Waals surface area contributed by atoms with E-state index < -0.39 is 11.1 Å². The summed E-state index contributed by atoms with van der Waals surface area (Å²) in [6, 6.07) is 4.95. The van der Waals surface area contributed by atoms with Gasteiger partial charge in [0.2, 0.25) is 0 Å². The standard InChI is InChI=1S/C10H10ClN3O2/c11-6-1-2-8-7(5-6)13-9(15)10(16)14(8)4-3-12/h1-2,5H,3-4,12H2,(H,13,15). The van der Waals surface area contributed by atoms with Crippen molar-refractivity contribution in [2.45, 2.75) is 6.54 Å². The molecule has 0 saturated heterocycles. The molecule has 0 atom stereocenters. The van der Waals surface area contributed by atoms with Crippen LogP contribution in [0, 0.1) is 0 Å². The highest BCUT2D eigenvalue weighted by atomic mass is 35.5. The highest BCUT2D eigenvalue weighted by Crippen LogP contribution is 2.14. The fourth-order valence-corrected chi connectivity index (χ4v) is 1.77. The van der Waals surface area contributed by atoms with Gasteiger partial charge in [-0.05, 0) is 18.2 Å². The van der Waals surface area contributed by atoms with Gasteiger partial charge in [0.25, 0.3) is 0 Å². The number of nitrogens with two attached hydrogens (primary N) is 1. The van der Waals surface area contributed by atoms with E-state index >= 15 is 0 Å². The van der Waals surface area contributed by atoms with Crippen molar-refractivity contribution >= 4 is 22.6 Å². The zero-order valence-corrected chi connectivity index (χ0v) is 9.12. The monoisotopic (exact) mass is 239 g/mol. The summed E-state index contributed by atoms with van der Waals surface area (Å²) in [4.78, 5) is 25.4. The van der Waals surface area contributed by atoms with E-state index in [0.717, 1.165) is 0 Å². The average Bonchev–Trinajstić information content (AvgIpc) is 2.24. The van der Waals surface area contributed by atoms with Crippen LogP contribution < -0.4 is 16.9 Å². The van der Waals surface area contributed by atoms with E-state index in [1.807, 2.05) is 0 Å². The van der Waals surface area contributed by atoms with Crippen LogP contribution in [-0.2, 0) is 6.54 Å². The van der Waals surface area contributed by atoms with Crippen molar-refractivity contribution in [3.8, 4) is 0 Å². The van der Waals surface area contributed by atoms with E-state index in [9.17, 15) is 9.59 Å². The molecule has 1 heterocycles. The summed E-state index contributed by atoms with van der Waals surface area (Å²) >= 11 is 5.81. The van der Waals surface area contributed by atoms with Gasteiger partial charge in [-0.25, -0.2) is 0 Å². The molecule has 1 aromatic heterocycles. The molecule has 3 N–H and O–H groups in total. The Morgan fingerprint density at radius 1 is 1.38 bits per heavy atom. The van der Waals surface area contributed by atoms with E-state index in [4.69, 9.17) is 17.3 Å². The van der Waals surface area contributed by atoms with E-state index in [2.05, 4.69) is 4.98 Å². The first-order valence-electron chi connectivity index (χ1n) is 4.76. The molecule has 0 amide bonds. The SMILES string of the molecule is NCCn1c(=O)c(=O)[nH]c2cc(Cl)ccc21.